The average molecular weight is 449 g/mol. The molecular weight excluding hydrogens is 428 g/mol. The molecular formula is C25H21ClN2O2S. The van der Waals surface area contributed by atoms with Gasteiger partial charge in [0.1, 0.15) is 6.54 Å². The number of benzene rings is 3. The molecule has 1 heterocycles. The molecule has 31 heavy (non-hydrogen) atoms. The van der Waals surface area contributed by atoms with E-state index < -0.39 is 0 Å². The molecule has 1 aliphatic rings. The van der Waals surface area contributed by atoms with Crippen LogP contribution in [0.15, 0.2) is 88.7 Å². The minimum absolute atomic E-state index is 0.0297. The van der Waals surface area contributed by atoms with Gasteiger partial charge >= 0.3 is 0 Å². The molecule has 0 fully saturated rings. The maximum atomic E-state index is 13.2. The molecule has 0 saturated heterocycles. The fraction of sp³-hybridized carbons (Fsp3) is 0.120. The fourth-order valence-electron chi connectivity index (χ4n) is 3.36. The first kappa shape index (κ1) is 21.2. The van der Waals surface area contributed by atoms with Gasteiger partial charge in [-0.1, -0.05) is 78.0 Å². The summed E-state index contributed by atoms with van der Waals surface area (Å²) >= 11 is 7.49. The molecule has 0 saturated carbocycles. The van der Waals surface area contributed by atoms with Gasteiger partial charge in [0, 0.05) is 16.5 Å². The number of hydrogen-bond donors (Lipinski definition) is 1. The normalized spacial score (nSPS) is 14.4. The number of rotatable bonds is 6. The third-order valence-corrected chi connectivity index (χ3v) is 6.17. The molecule has 1 N–H and O–H groups in total. The lowest BCUT2D eigenvalue weighted by atomic mass is 10.1. The Kier molecular flexibility index (Phi) is 6.75. The number of hydrogen-bond acceptors (Lipinski definition) is 3. The van der Waals surface area contributed by atoms with Crippen LogP contribution >= 0.6 is 23.4 Å². The van der Waals surface area contributed by atoms with Crippen molar-refractivity contribution < 1.29 is 9.59 Å². The Labute approximate surface area is 190 Å². The minimum Gasteiger partial charge on any atom is -0.354 e. The molecule has 2 amide bonds. The monoisotopic (exact) mass is 448 g/mol. The summed E-state index contributed by atoms with van der Waals surface area (Å²) in [6.07, 6.45) is 2.56. The predicted octanol–water partition coefficient (Wildman–Crippen LogP) is 5.18. The molecule has 1 aliphatic heterocycles. The van der Waals surface area contributed by atoms with E-state index >= 15 is 0 Å². The van der Waals surface area contributed by atoms with Gasteiger partial charge in [-0.25, -0.2) is 0 Å². The lowest BCUT2D eigenvalue weighted by molar-refractivity contribution is -0.122. The number of nitrogens with zero attached hydrogens (tertiary/aromatic N) is 1. The zero-order chi connectivity index (χ0) is 21.6. The summed E-state index contributed by atoms with van der Waals surface area (Å²) in [6, 6.07) is 25.0. The van der Waals surface area contributed by atoms with Crippen molar-refractivity contribution >= 4 is 46.9 Å². The van der Waals surface area contributed by atoms with Crippen molar-refractivity contribution in [3.63, 3.8) is 0 Å². The number of carbonyl (C=O) groups is 2. The molecule has 4 nitrogen and oxygen atoms in total. The summed E-state index contributed by atoms with van der Waals surface area (Å²) in [4.78, 5) is 28.9. The van der Waals surface area contributed by atoms with E-state index in [4.69, 9.17) is 11.6 Å². The molecule has 4 rings (SSSR count). The van der Waals surface area contributed by atoms with E-state index in [0.29, 0.717) is 16.5 Å². The summed E-state index contributed by atoms with van der Waals surface area (Å²) in [5.74, 6) is -0.380. The molecule has 0 aromatic heterocycles. The molecule has 6 heteroatoms. The van der Waals surface area contributed by atoms with Crippen molar-refractivity contribution in [2.75, 3.05) is 18.0 Å². The van der Waals surface area contributed by atoms with Crippen molar-refractivity contribution in [1.29, 1.82) is 0 Å². The maximum absolute atomic E-state index is 13.2. The van der Waals surface area contributed by atoms with Crippen LogP contribution in [0.2, 0.25) is 5.02 Å². The highest BCUT2D eigenvalue weighted by atomic mass is 35.5. The number of para-hydroxylation sites is 1. The van der Waals surface area contributed by atoms with Crippen molar-refractivity contribution in [3.8, 4) is 0 Å². The van der Waals surface area contributed by atoms with Crippen LogP contribution < -0.4 is 10.2 Å². The highest BCUT2D eigenvalue weighted by molar-refractivity contribution is 8.04. The predicted molar refractivity (Wildman–Crippen MR) is 127 cm³/mol. The van der Waals surface area contributed by atoms with Gasteiger partial charge in [-0.2, -0.15) is 0 Å². The summed E-state index contributed by atoms with van der Waals surface area (Å²) in [5.41, 5.74) is 2.75. The number of fused-ring (bicyclic) bond motifs is 1. The standard InChI is InChI=1S/C25H21ClN2O2S/c26-20-10-6-9-19(15-20)16-23-25(30)28(21-11-4-5-12-22(21)31-23)17-24(29)27-14-13-18-7-2-1-3-8-18/h1-12,15-16H,13-14,17H2,(H,27,29)/b23-16-. The minimum atomic E-state index is -0.193. The molecule has 0 unspecified atom stereocenters. The van der Waals surface area contributed by atoms with Gasteiger partial charge in [-0.3, -0.25) is 14.5 Å². The van der Waals surface area contributed by atoms with E-state index in [-0.39, 0.29) is 18.4 Å². The van der Waals surface area contributed by atoms with Crippen LogP contribution in [-0.2, 0) is 16.0 Å². The van der Waals surface area contributed by atoms with E-state index in [0.717, 1.165) is 28.1 Å². The second kappa shape index (κ2) is 9.86. The van der Waals surface area contributed by atoms with E-state index in [1.54, 1.807) is 11.0 Å². The number of anilines is 1. The first-order valence-electron chi connectivity index (χ1n) is 9.97. The highest BCUT2D eigenvalue weighted by Crippen LogP contribution is 2.41. The Bertz CT molecular complexity index is 1130. The Morgan fingerprint density at radius 2 is 1.77 bits per heavy atom. The first-order chi connectivity index (χ1) is 15.1. The lowest BCUT2D eigenvalue weighted by Crippen LogP contribution is -2.43. The van der Waals surface area contributed by atoms with Crippen molar-refractivity contribution in [2.24, 2.45) is 0 Å². The summed E-state index contributed by atoms with van der Waals surface area (Å²) < 4.78 is 0. The Balaban J connectivity index is 1.50. The van der Waals surface area contributed by atoms with Crippen LogP contribution in [0.25, 0.3) is 6.08 Å². The topological polar surface area (TPSA) is 49.4 Å². The van der Waals surface area contributed by atoms with Gasteiger partial charge in [-0.15, -0.1) is 0 Å². The molecule has 0 radical (unpaired) electrons. The number of amides is 2. The molecule has 3 aromatic rings. The third-order valence-electron chi connectivity index (χ3n) is 4.86. The van der Waals surface area contributed by atoms with Gasteiger partial charge < -0.3 is 5.32 Å². The lowest BCUT2D eigenvalue weighted by Gasteiger charge is -2.29. The molecule has 3 aromatic carbocycles. The maximum Gasteiger partial charge on any atom is 0.265 e. The number of halogens is 1. The van der Waals surface area contributed by atoms with Gasteiger partial charge in [-0.05, 0) is 47.9 Å². The number of carbonyl (C=O) groups excluding carboxylic acids is 2. The summed E-state index contributed by atoms with van der Waals surface area (Å²) in [5, 5.41) is 3.53. The SMILES string of the molecule is O=C(CN1C(=O)/C(=C/c2cccc(Cl)c2)Sc2ccccc21)NCCc1ccccc1. The van der Waals surface area contributed by atoms with Crippen LogP contribution in [0.3, 0.4) is 0 Å². The highest BCUT2D eigenvalue weighted by Gasteiger charge is 2.30. The van der Waals surface area contributed by atoms with Crippen LogP contribution in [0.1, 0.15) is 11.1 Å². The zero-order valence-electron chi connectivity index (χ0n) is 16.8. The zero-order valence-corrected chi connectivity index (χ0v) is 18.3. The molecule has 156 valence electrons. The van der Waals surface area contributed by atoms with E-state index in [1.807, 2.05) is 78.9 Å². The third kappa shape index (κ3) is 5.37. The smallest absolute Gasteiger partial charge is 0.265 e. The fourth-order valence-corrected chi connectivity index (χ4v) is 4.61. The number of thioether (sulfide) groups is 1. The van der Waals surface area contributed by atoms with Crippen LogP contribution in [0.5, 0.6) is 0 Å². The molecule has 0 bridgehead atoms. The van der Waals surface area contributed by atoms with Crippen LogP contribution in [0, 0.1) is 0 Å². The van der Waals surface area contributed by atoms with Crippen LogP contribution in [-0.4, -0.2) is 24.9 Å². The summed E-state index contributed by atoms with van der Waals surface area (Å²) in [6.45, 7) is 0.491. The van der Waals surface area contributed by atoms with Crippen molar-refractivity contribution in [3.05, 3.63) is 99.9 Å². The molecule has 0 spiro atoms. The van der Waals surface area contributed by atoms with E-state index in [2.05, 4.69) is 5.32 Å². The molecule has 0 aliphatic carbocycles. The van der Waals surface area contributed by atoms with Crippen molar-refractivity contribution in [2.45, 2.75) is 11.3 Å². The Morgan fingerprint density at radius 1 is 1.00 bits per heavy atom. The van der Waals surface area contributed by atoms with Gasteiger partial charge in [0.2, 0.25) is 5.91 Å². The van der Waals surface area contributed by atoms with Gasteiger partial charge in [0.05, 0.1) is 10.6 Å². The Morgan fingerprint density at radius 3 is 2.58 bits per heavy atom. The largest absolute Gasteiger partial charge is 0.354 e. The first-order valence-corrected chi connectivity index (χ1v) is 11.2. The van der Waals surface area contributed by atoms with Crippen LogP contribution in [0.4, 0.5) is 5.69 Å². The second-order valence-electron chi connectivity index (χ2n) is 7.11. The summed E-state index contributed by atoms with van der Waals surface area (Å²) in [7, 11) is 0. The average Bonchev–Trinajstić information content (AvgIpc) is 2.77. The van der Waals surface area contributed by atoms with E-state index in [1.165, 1.54) is 11.8 Å². The number of nitrogens with one attached hydrogen (secondary N) is 1. The van der Waals surface area contributed by atoms with Gasteiger partial charge in [0.15, 0.2) is 0 Å². The quantitative estimate of drug-likeness (QED) is 0.528. The Hall–Kier alpha value is -3.02. The second-order valence-corrected chi connectivity index (χ2v) is 8.63. The van der Waals surface area contributed by atoms with E-state index in [9.17, 15) is 9.59 Å². The van der Waals surface area contributed by atoms with Gasteiger partial charge in [0.25, 0.3) is 5.91 Å². The van der Waals surface area contributed by atoms with Crippen molar-refractivity contribution in [1.82, 2.24) is 5.32 Å². The molecule has 0 atom stereocenters.